The van der Waals surface area contributed by atoms with Gasteiger partial charge in [-0.25, -0.2) is 4.98 Å². The second kappa shape index (κ2) is 7.80. The fourth-order valence-electron chi connectivity index (χ4n) is 2.14. The minimum atomic E-state index is -0.0377. The molecule has 0 radical (unpaired) electrons. The number of aryl methyl sites for hydroxylation is 3. The predicted octanol–water partition coefficient (Wildman–Crippen LogP) is 4.00. The summed E-state index contributed by atoms with van der Waals surface area (Å²) < 4.78 is 0. The van der Waals surface area contributed by atoms with Gasteiger partial charge in [0.2, 0.25) is 5.91 Å². The number of benzene rings is 1. The summed E-state index contributed by atoms with van der Waals surface area (Å²) in [7, 11) is 0. The fraction of sp³-hybridized carbons (Fsp3) is 0.278. The van der Waals surface area contributed by atoms with Crippen molar-refractivity contribution in [1.82, 2.24) is 4.98 Å². The molecule has 0 fully saturated rings. The van der Waals surface area contributed by atoms with Crippen LogP contribution < -0.4 is 5.32 Å². The maximum atomic E-state index is 12.0. The van der Waals surface area contributed by atoms with Crippen molar-refractivity contribution in [1.29, 1.82) is 5.26 Å². The minimum Gasteiger partial charge on any atom is -0.326 e. The maximum Gasteiger partial charge on any atom is 0.225 e. The van der Waals surface area contributed by atoms with E-state index in [1.54, 1.807) is 0 Å². The van der Waals surface area contributed by atoms with Gasteiger partial charge in [-0.3, -0.25) is 4.79 Å². The average Bonchev–Trinajstić information content (AvgIpc) is 2.49. The number of carbonyl (C=O) groups is 1. The second-order valence-corrected chi connectivity index (χ2v) is 6.47. The highest BCUT2D eigenvalue weighted by molar-refractivity contribution is 7.99. The van der Waals surface area contributed by atoms with E-state index in [9.17, 15) is 10.1 Å². The van der Waals surface area contributed by atoms with Gasteiger partial charge < -0.3 is 5.32 Å². The van der Waals surface area contributed by atoms with Gasteiger partial charge in [0.25, 0.3) is 0 Å². The van der Waals surface area contributed by atoms with Crippen molar-refractivity contribution in [2.75, 3.05) is 11.1 Å². The van der Waals surface area contributed by atoms with Gasteiger partial charge in [0.1, 0.15) is 11.1 Å². The molecule has 4 nitrogen and oxygen atoms in total. The molecule has 0 unspecified atom stereocenters. The summed E-state index contributed by atoms with van der Waals surface area (Å²) >= 11 is 1.45. The first-order valence-corrected chi connectivity index (χ1v) is 8.36. The highest BCUT2D eigenvalue weighted by atomic mass is 32.2. The van der Waals surface area contributed by atoms with Crippen molar-refractivity contribution in [3.05, 3.63) is 52.7 Å². The number of thioether (sulfide) groups is 1. The number of nitrogens with zero attached hydrogens (tertiary/aromatic N) is 2. The molecule has 0 atom stereocenters. The molecule has 1 amide bonds. The molecule has 23 heavy (non-hydrogen) atoms. The lowest BCUT2D eigenvalue weighted by atomic mass is 10.1. The molecule has 5 heteroatoms. The predicted molar refractivity (Wildman–Crippen MR) is 93.6 cm³/mol. The highest BCUT2D eigenvalue weighted by Crippen LogP contribution is 2.24. The molecular formula is C18H19N3OS. The van der Waals surface area contributed by atoms with E-state index in [-0.39, 0.29) is 5.91 Å². The van der Waals surface area contributed by atoms with Crippen LogP contribution in [0.3, 0.4) is 0 Å². The largest absolute Gasteiger partial charge is 0.326 e. The van der Waals surface area contributed by atoms with E-state index in [1.807, 2.05) is 51.1 Å². The molecule has 1 N–H and O–H groups in total. The number of aromatic nitrogens is 1. The van der Waals surface area contributed by atoms with Crippen LogP contribution in [0.15, 0.2) is 35.4 Å². The fourth-order valence-corrected chi connectivity index (χ4v) is 3.18. The number of hydrogen-bond acceptors (Lipinski definition) is 4. The number of nitriles is 1. The molecule has 2 rings (SSSR count). The van der Waals surface area contributed by atoms with E-state index in [0.717, 1.165) is 22.5 Å². The highest BCUT2D eigenvalue weighted by Gasteiger charge is 2.10. The number of rotatable bonds is 5. The standard InChI is InChI=1S/C18H19N3OS/c1-12-4-6-15(7-5-12)21-17(22)8-9-23-18-16(11-19)13(2)10-14(3)20-18/h4-7,10H,8-9H2,1-3H3,(H,21,22). The average molecular weight is 325 g/mol. The first-order valence-electron chi connectivity index (χ1n) is 7.37. The monoisotopic (exact) mass is 325 g/mol. The first kappa shape index (κ1) is 17.0. The molecule has 0 bridgehead atoms. The third-order valence-corrected chi connectivity index (χ3v) is 4.30. The number of nitrogens with one attached hydrogen (secondary N) is 1. The Labute approximate surface area is 140 Å². The Hall–Kier alpha value is -2.32. The third-order valence-electron chi connectivity index (χ3n) is 3.33. The molecular weight excluding hydrogens is 306 g/mol. The van der Waals surface area contributed by atoms with Crippen molar-refractivity contribution in [3.8, 4) is 6.07 Å². The van der Waals surface area contributed by atoms with Crippen LogP contribution in [-0.2, 0) is 4.79 Å². The molecule has 118 valence electrons. The topological polar surface area (TPSA) is 65.8 Å². The summed E-state index contributed by atoms with van der Waals surface area (Å²) in [6.07, 6.45) is 0.373. The zero-order chi connectivity index (χ0) is 16.8. The second-order valence-electron chi connectivity index (χ2n) is 5.39. The molecule has 0 saturated carbocycles. The van der Waals surface area contributed by atoms with Crippen molar-refractivity contribution >= 4 is 23.4 Å². The van der Waals surface area contributed by atoms with E-state index >= 15 is 0 Å². The Bertz CT molecular complexity index is 748. The Balaban J connectivity index is 1.91. The molecule has 0 spiro atoms. The van der Waals surface area contributed by atoms with E-state index in [2.05, 4.69) is 16.4 Å². The van der Waals surface area contributed by atoms with Crippen molar-refractivity contribution < 1.29 is 4.79 Å². The van der Waals surface area contributed by atoms with Gasteiger partial charge in [-0.15, -0.1) is 11.8 Å². The Morgan fingerprint density at radius 3 is 2.61 bits per heavy atom. The summed E-state index contributed by atoms with van der Waals surface area (Å²) in [5.74, 6) is 0.548. The van der Waals surface area contributed by atoms with Crippen LogP contribution in [0.2, 0.25) is 0 Å². The molecule has 0 aliphatic carbocycles. The Morgan fingerprint density at radius 2 is 1.96 bits per heavy atom. The summed E-state index contributed by atoms with van der Waals surface area (Å²) in [5, 5.41) is 12.8. The quantitative estimate of drug-likeness (QED) is 0.844. The molecule has 1 heterocycles. The smallest absolute Gasteiger partial charge is 0.225 e. The minimum absolute atomic E-state index is 0.0377. The van der Waals surface area contributed by atoms with Crippen LogP contribution in [0.25, 0.3) is 0 Å². The van der Waals surface area contributed by atoms with Gasteiger partial charge in [-0.1, -0.05) is 17.7 Å². The van der Waals surface area contributed by atoms with Crippen LogP contribution in [-0.4, -0.2) is 16.6 Å². The number of hydrogen-bond donors (Lipinski definition) is 1. The van der Waals surface area contributed by atoms with E-state index < -0.39 is 0 Å². The lowest BCUT2D eigenvalue weighted by Crippen LogP contribution is -2.12. The normalized spacial score (nSPS) is 10.2. The zero-order valence-electron chi connectivity index (χ0n) is 13.5. The molecule has 0 aliphatic rings. The van der Waals surface area contributed by atoms with Gasteiger partial charge in [0.15, 0.2) is 0 Å². The van der Waals surface area contributed by atoms with Crippen LogP contribution in [0.5, 0.6) is 0 Å². The number of pyridine rings is 1. The molecule has 1 aromatic carbocycles. The summed E-state index contributed by atoms with van der Waals surface area (Å²) in [4.78, 5) is 16.4. The van der Waals surface area contributed by atoms with E-state index in [4.69, 9.17) is 0 Å². The van der Waals surface area contributed by atoms with Gasteiger partial charge >= 0.3 is 0 Å². The lowest BCUT2D eigenvalue weighted by molar-refractivity contribution is -0.115. The van der Waals surface area contributed by atoms with Crippen LogP contribution in [0, 0.1) is 32.1 Å². The van der Waals surface area contributed by atoms with Gasteiger partial charge in [0, 0.05) is 23.6 Å². The van der Waals surface area contributed by atoms with Crippen LogP contribution >= 0.6 is 11.8 Å². The number of carbonyl (C=O) groups excluding carboxylic acids is 1. The SMILES string of the molecule is Cc1ccc(NC(=O)CCSc2nc(C)cc(C)c2C#N)cc1. The summed E-state index contributed by atoms with van der Waals surface area (Å²) in [5.41, 5.74) is 4.36. The molecule has 2 aromatic rings. The van der Waals surface area contributed by atoms with Crippen LogP contribution in [0.1, 0.15) is 28.8 Å². The third kappa shape index (κ3) is 4.83. The van der Waals surface area contributed by atoms with Crippen molar-refractivity contribution in [2.24, 2.45) is 0 Å². The van der Waals surface area contributed by atoms with Crippen molar-refractivity contribution in [3.63, 3.8) is 0 Å². The molecule has 1 aromatic heterocycles. The zero-order valence-corrected chi connectivity index (χ0v) is 14.3. The lowest BCUT2D eigenvalue weighted by Gasteiger charge is -2.08. The summed E-state index contributed by atoms with van der Waals surface area (Å²) in [6.45, 7) is 5.82. The van der Waals surface area contributed by atoms with Crippen molar-refractivity contribution in [2.45, 2.75) is 32.2 Å². The van der Waals surface area contributed by atoms with Crippen LogP contribution in [0.4, 0.5) is 5.69 Å². The van der Waals surface area contributed by atoms with Gasteiger partial charge in [0.05, 0.1) is 5.56 Å². The molecule has 0 saturated heterocycles. The van der Waals surface area contributed by atoms with E-state index in [0.29, 0.717) is 22.8 Å². The Kier molecular flexibility index (Phi) is 5.78. The number of amides is 1. The van der Waals surface area contributed by atoms with E-state index in [1.165, 1.54) is 11.8 Å². The van der Waals surface area contributed by atoms with Gasteiger partial charge in [-0.2, -0.15) is 5.26 Å². The summed E-state index contributed by atoms with van der Waals surface area (Å²) in [6, 6.07) is 11.8. The Morgan fingerprint density at radius 1 is 1.26 bits per heavy atom. The number of anilines is 1. The first-order chi connectivity index (χ1) is 11.0. The maximum absolute atomic E-state index is 12.0. The molecule has 0 aliphatic heterocycles. The van der Waals surface area contributed by atoms with Gasteiger partial charge in [-0.05, 0) is 44.5 Å².